The summed E-state index contributed by atoms with van der Waals surface area (Å²) in [5, 5.41) is 56.1. The maximum atomic E-state index is 15.3. The number of aliphatic imine (C=N–C) groups is 1. The summed E-state index contributed by atoms with van der Waals surface area (Å²) < 4.78 is 14.8. The number of hydrogen-bond donors (Lipinski definition) is 18. The third kappa shape index (κ3) is 26.2. The van der Waals surface area contributed by atoms with Crippen molar-refractivity contribution in [3.8, 4) is 5.75 Å². The van der Waals surface area contributed by atoms with E-state index in [-0.39, 0.29) is 96.4 Å². The molecule has 0 bridgehead atoms. The molecule has 2 saturated heterocycles. The molecule has 3 aromatic carbocycles. The third-order valence-electron chi connectivity index (χ3n) is 18.2. The number of rotatable bonds is 24. The van der Waals surface area contributed by atoms with E-state index in [0.29, 0.717) is 43.2 Å². The smallest absolute Gasteiger partial charge is 0.303 e. The highest BCUT2D eigenvalue weighted by atomic mass is 35.5. The van der Waals surface area contributed by atoms with E-state index in [0.717, 1.165) is 33.7 Å². The minimum absolute atomic E-state index is 0.00133. The molecule has 3 aliphatic rings. The Labute approximate surface area is 637 Å². The highest BCUT2D eigenvalue weighted by Gasteiger charge is 2.41. The van der Waals surface area contributed by atoms with E-state index in [9.17, 15) is 72.4 Å². The first kappa shape index (κ1) is 85.3. The number of amides is 12. The van der Waals surface area contributed by atoms with Crippen molar-refractivity contribution in [2.75, 3.05) is 37.7 Å². The summed E-state index contributed by atoms with van der Waals surface area (Å²) in [6.07, 6.45) is -0.675. The molecule has 1 saturated carbocycles. The van der Waals surface area contributed by atoms with E-state index in [1.807, 2.05) is 0 Å². The number of guanidine groups is 1. The van der Waals surface area contributed by atoms with Crippen LogP contribution in [0.5, 0.6) is 5.75 Å². The predicted molar refractivity (Wildman–Crippen MR) is 397 cm³/mol. The number of nitrogens with zero attached hydrogens (tertiary/aromatic N) is 2. The van der Waals surface area contributed by atoms with Gasteiger partial charge < -0.3 is 101 Å². The van der Waals surface area contributed by atoms with E-state index in [1.165, 1.54) is 59.6 Å². The zero-order valence-electron chi connectivity index (χ0n) is 58.7. The zero-order chi connectivity index (χ0) is 78.7. The number of phenols is 1. The molecule has 1 aromatic heterocycles. The molecule has 22 N–H and O–H groups in total. The van der Waals surface area contributed by atoms with E-state index in [4.69, 9.17) is 46.1 Å². The predicted octanol–water partition coefficient (Wildman–Crippen LogP) is -0.590. The molecule has 3 fully saturated rings. The molecule has 3 heterocycles. The van der Waals surface area contributed by atoms with Crippen LogP contribution in [0.4, 0.5) is 4.39 Å². The van der Waals surface area contributed by atoms with Gasteiger partial charge in [-0.15, -0.1) is 0 Å². The standard InChI is InChI=1S/C69H90Cl2FN17O17S2/c70-42-9-3-8-37(57(42)71)29-48-64(102)81-44(10-4-25-78-69(75)76)60(98)77-26-23-53(91)80-45(18-20-55(93)94)61(99)83-49(30-38-32-79-43-17-14-39(72)31-41(38)43)65(103)82-46(19-21-56(95)96)62(100)86-50(59(74)97)33-107-108-34-51(66(104)88-58(68(106)85-48)36-6-1-2-7-36)87-63(101)47(28-35-12-15-40(90)16-13-35)84-67(105)52-11-5-27-89(52)54(92)22-24-73/h3,8-9,12-17,31-32,36,44-52,58,79,90H,1-2,4-7,10-11,18-30,33-34,73H2,(H2,74,97)(H,77,98)(H,80,91)(H,81,102)(H,82,103)(H,83,99)(H,84,105)(H,85,106)(H,86,100)(H,87,101)(H,88,104)(H,93,94)(H,95,96)(H4,75,76,78)/t44-,45-,46-,47-,48-,49-,50-,51-,52-,58-/m0/s1. The van der Waals surface area contributed by atoms with Crippen molar-refractivity contribution in [1.29, 1.82) is 0 Å². The number of nitrogens with one attached hydrogen (secondary N) is 11. The van der Waals surface area contributed by atoms with Crippen LogP contribution in [0.25, 0.3) is 10.9 Å². The summed E-state index contributed by atoms with van der Waals surface area (Å²) in [5.41, 5.74) is 24.0. The first-order valence-electron chi connectivity index (χ1n) is 35.0. The van der Waals surface area contributed by atoms with Gasteiger partial charge in [0.05, 0.1) is 10.0 Å². The fourth-order valence-electron chi connectivity index (χ4n) is 12.5. The number of carboxylic acids is 2. The topological polar surface area (TPSA) is 555 Å². The molecule has 4 aromatic rings. The second-order valence-corrected chi connectivity index (χ2v) is 29.5. The highest BCUT2D eigenvalue weighted by Crippen LogP contribution is 2.31. The molecule has 0 spiro atoms. The summed E-state index contributed by atoms with van der Waals surface area (Å²) in [5.74, 6) is -16.9. The summed E-state index contributed by atoms with van der Waals surface area (Å²) in [6.45, 7) is -0.326. The van der Waals surface area contributed by atoms with Crippen molar-refractivity contribution in [2.45, 2.75) is 170 Å². The van der Waals surface area contributed by atoms with Gasteiger partial charge in [-0.2, -0.15) is 0 Å². The van der Waals surface area contributed by atoms with Gasteiger partial charge in [0.25, 0.3) is 0 Å². The Balaban J connectivity index is 1.29. The Morgan fingerprint density at radius 3 is 1.94 bits per heavy atom. The number of carboxylic acid groups (broad SMARTS) is 2. The lowest BCUT2D eigenvalue weighted by Crippen LogP contribution is -2.61. The molecule has 10 atom stereocenters. The molecular weight excluding hydrogens is 1490 g/mol. The van der Waals surface area contributed by atoms with Crippen molar-refractivity contribution < 1.29 is 86.8 Å². The lowest BCUT2D eigenvalue weighted by atomic mass is 9.95. The second kappa shape index (κ2) is 42.0. The van der Waals surface area contributed by atoms with Crippen LogP contribution in [0.15, 0.2) is 71.9 Å². The summed E-state index contributed by atoms with van der Waals surface area (Å²) >= 11 is 13.2. The number of halogens is 3. The number of fused-ring (bicyclic) bond motifs is 1. The van der Waals surface area contributed by atoms with Crippen molar-refractivity contribution in [2.24, 2.45) is 33.8 Å². The van der Waals surface area contributed by atoms with E-state index in [2.05, 4.69) is 63.1 Å². The van der Waals surface area contributed by atoms with Crippen molar-refractivity contribution in [3.05, 3.63) is 99.4 Å². The van der Waals surface area contributed by atoms with Crippen molar-refractivity contribution in [1.82, 2.24) is 63.1 Å². The quantitative estimate of drug-likeness (QED) is 0.0180. The SMILES string of the molecule is NCCC(=O)N1CCC[C@H]1C(=O)N[C@@H](Cc1ccc(O)cc1)C(=O)N[C@H]1CSSC[C@@H](C(N)=O)NC(=O)[C@H](CCC(=O)O)NC(=O)[C@H](Cc2c[nH]c3ccc(F)cc23)NC(=O)[C@H](CCC(=O)O)NC(=O)CCNC(=O)[C@H](CCCN=C(N)N)NC(=O)[C@H](Cc2cccc(Cl)c2Cl)NC(=O)[C@H](C2CCCC2)NC1=O. The number of hydrogen-bond acceptors (Lipinski definition) is 19. The molecule has 1 aliphatic carbocycles. The lowest BCUT2D eigenvalue weighted by Gasteiger charge is -2.30. The Bertz CT molecular complexity index is 3960. The summed E-state index contributed by atoms with van der Waals surface area (Å²) in [4.78, 5) is 206. The van der Waals surface area contributed by atoms with E-state index >= 15 is 14.4 Å². The fraction of sp³-hybridized carbons (Fsp3) is 0.493. The maximum Gasteiger partial charge on any atom is 0.303 e. The number of aromatic amines is 1. The van der Waals surface area contributed by atoms with Gasteiger partial charge in [-0.25, -0.2) is 4.39 Å². The van der Waals surface area contributed by atoms with E-state index < -0.39 is 212 Å². The number of likely N-dealkylation sites (tertiary alicyclic amines) is 1. The highest BCUT2D eigenvalue weighted by molar-refractivity contribution is 8.76. The molecular formula is C69H90Cl2FN17O17S2. The normalized spacial score (nSPS) is 22.7. The average molecular weight is 1580 g/mol. The minimum atomic E-state index is -1.83. The van der Waals surface area contributed by atoms with Crippen LogP contribution >= 0.6 is 44.8 Å². The van der Waals surface area contributed by atoms with Gasteiger partial charge in [0.2, 0.25) is 70.9 Å². The number of aromatic nitrogens is 1. The summed E-state index contributed by atoms with van der Waals surface area (Å²) in [6, 6.07) is -1.90. The van der Waals surface area contributed by atoms with Crippen LogP contribution in [0.1, 0.15) is 107 Å². The van der Waals surface area contributed by atoms with Crippen LogP contribution in [0, 0.1) is 11.7 Å². The number of aliphatic carboxylic acids is 2. The molecule has 108 heavy (non-hydrogen) atoms. The lowest BCUT2D eigenvalue weighted by molar-refractivity contribution is -0.139. The monoisotopic (exact) mass is 1580 g/mol. The van der Waals surface area contributed by atoms with Gasteiger partial charge in [0, 0.05) is 99.7 Å². The maximum absolute atomic E-state index is 15.3. The Morgan fingerprint density at radius 1 is 0.676 bits per heavy atom. The fourth-order valence-corrected chi connectivity index (χ4v) is 15.3. The first-order chi connectivity index (χ1) is 51.5. The van der Waals surface area contributed by atoms with Gasteiger partial charge >= 0.3 is 11.9 Å². The second-order valence-electron chi connectivity index (χ2n) is 26.2. The van der Waals surface area contributed by atoms with Crippen molar-refractivity contribution in [3.63, 3.8) is 0 Å². The number of phenolic OH excluding ortho intramolecular Hbond substituents is 1. The van der Waals surface area contributed by atoms with Crippen LogP contribution in [0.2, 0.25) is 10.0 Å². The molecule has 2 aliphatic heterocycles. The van der Waals surface area contributed by atoms with Crippen LogP contribution < -0.4 is 76.1 Å². The van der Waals surface area contributed by atoms with Crippen LogP contribution in [0.3, 0.4) is 0 Å². The number of benzene rings is 3. The Hall–Kier alpha value is -9.98. The number of nitrogens with two attached hydrogens (primary N) is 4. The molecule has 0 radical (unpaired) electrons. The van der Waals surface area contributed by atoms with Gasteiger partial charge in [-0.05, 0) is 110 Å². The number of carbonyl (C=O) groups is 14. The molecule has 7 rings (SSSR count). The Morgan fingerprint density at radius 2 is 1.29 bits per heavy atom. The van der Waals surface area contributed by atoms with Crippen LogP contribution in [-0.2, 0) is 86.4 Å². The number of H-pyrrole nitrogens is 1. The zero-order valence-corrected chi connectivity index (χ0v) is 61.8. The minimum Gasteiger partial charge on any atom is -0.508 e. The van der Waals surface area contributed by atoms with Gasteiger partial charge in [0.1, 0.15) is 72.0 Å². The summed E-state index contributed by atoms with van der Waals surface area (Å²) in [7, 11) is 1.66. The third-order valence-corrected chi connectivity index (χ3v) is 21.5. The van der Waals surface area contributed by atoms with Gasteiger partial charge in [-0.3, -0.25) is 72.1 Å². The van der Waals surface area contributed by atoms with Gasteiger partial charge in [-0.1, -0.05) is 81.9 Å². The number of primary amides is 1. The molecule has 39 heteroatoms. The first-order valence-corrected chi connectivity index (χ1v) is 38.2. The number of carbonyl (C=O) groups excluding carboxylic acids is 12. The van der Waals surface area contributed by atoms with Crippen molar-refractivity contribution >= 4 is 144 Å². The average Bonchev–Trinajstić information content (AvgIpc) is 1.72. The van der Waals surface area contributed by atoms with Crippen LogP contribution in [-0.4, -0.2) is 212 Å². The molecule has 34 nitrogen and oxygen atoms in total. The molecule has 12 amide bonds. The molecule has 586 valence electrons. The molecule has 0 unspecified atom stereocenters. The van der Waals surface area contributed by atoms with E-state index in [1.54, 1.807) is 0 Å². The largest absolute Gasteiger partial charge is 0.508 e. The van der Waals surface area contributed by atoms with Gasteiger partial charge in [0.15, 0.2) is 5.96 Å². The Kier molecular flexibility index (Phi) is 33.1. The number of aromatic hydroxyl groups is 1.